The van der Waals surface area contributed by atoms with Gasteiger partial charge in [0.15, 0.2) is 0 Å². The van der Waals surface area contributed by atoms with Crippen molar-refractivity contribution >= 4 is 21.6 Å². The molecule has 0 saturated heterocycles. The van der Waals surface area contributed by atoms with Gasteiger partial charge >= 0.3 is 0 Å². The van der Waals surface area contributed by atoms with Gasteiger partial charge in [0, 0.05) is 12.1 Å². The zero-order chi connectivity index (χ0) is 20.7. The Hall–Kier alpha value is -2.54. The lowest BCUT2D eigenvalue weighted by atomic mass is 10.1. The summed E-state index contributed by atoms with van der Waals surface area (Å²) in [5, 5.41) is 2.92. The number of ether oxygens (including phenoxy) is 1. The second kappa shape index (κ2) is 9.59. The zero-order valence-corrected chi connectivity index (χ0v) is 17.6. The molecule has 152 valence electrons. The number of aryl methyl sites for hydroxylation is 1. The van der Waals surface area contributed by atoms with Crippen molar-refractivity contribution < 1.29 is 17.9 Å². The summed E-state index contributed by atoms with van der Waals surface area (Å²) >= 11 is 0. The van der Waals surface area contributed by atoms with Gasteiger partial charge in [-0.25, -0.2) is 8.42 Å². The minimum absolute atomic E-state index is 0.0816. The highest BCUT2D eigenvalue weighted by Gasteiger charge is 2.29. The summed E-state index contributed by atoms with van der Waals surface area (Å²) in [5.74, 6) is 0.184. The Morgan fingerprint density at radius 3 is 2.39 bits per heavy atom. The lowest BCUT2D eigenvalue weighted by Gasteiger charge is -2.29. The number of nitrogens with one attached hydrogen (secondary N) is 1. The van der Waals surface area contributed by atoms with Crippen LogP contribution in [0.2, 0.25) is 0 Å². The van der Waals surface area contributed by atoms with E-state index in [2.05, 4.69) is 5.32 Å². The number of amides is 1. The molecule has 28 heavy (non-hydrogen) atoms. The van der Waals surface area contributed by atoms with Crippen LogP contribution in [-0.4, -0.2) is 39.8 Å². The highest BCUT2D eigenvalue weighted by Crippen LogP contribution is 2.25. The molecule has 0 saturated carbocycles. The first-order valence-corrected chi connectivity index (χ1v) is 11.0. The molecule has 2 aromatic carbocycles. The van der Waals surface area contributed by atoms with Crippen LogP contribution in [0.25, 0.3) is 0 Å². The highest BCUT2D eigenvalue weighted by atomic mass is 32.2. The molecule has 0 aliphatic rings. The molecule has 2 aromatic rings. The number of benzene rings is 2. The van der Waals surface area contributed by atoms with Crippen molar-refractivity contribution in [1.82, 2.24) is 5.32 Å². The Balaban J connectivity index is 2.08. The zero-order valence-electron chi connectivity index (χ0n) is 16.8. The third kappa shape index (κ3) is 5.99. The van der Waals surface area contributed by atoms with Gasteiger partial charge < -0.3 is 10.1 Å². The fraction of sp³-hybridized carbons (Fsp3) is 0.381. The van der Waals surface area contributed by atoms with Crippen LogP contribution in [-0.2, 0) is 21.2 Å². The van der Waals surface area contributed by atoms with Gasteiger partial charge in [0.05, 0.1) is 19.1 Å². The number of rotatable bonds is 9. The molecule has 2 atom stereocenters. The topological polar surface area (TPSA) is 75.7 Å². The highest BCUT2D eigenvalue weighted by molar-refractivity contribution is 7.92. The fourth-order valence-electron chi connectivity index (χ4n) is 3.02. The summed E-state index contributed by atoms with van der Waals surface area (Å²) < 4.78 is 31.1. The number of methoxy groups -OCH3 is 1. The van der Waals surface area contributed by atoms with E-state index in [0.29, 0.717) is 11.4 Å². The van der Waals surface area contributed by atoms with E-state index in [4.69, 9.17) is 4.74 Å². The minimum Gasteiger partial charge on any atom is -0.497 e. The van der Waals surface area contributed by atoms with Gasteiger partial charge in [-0.3, -0.25) is 9.10 Å². The van der Waals surface area contributed by atoms with E-state index in [1.165, 1.54) is 12.7 Å². The van der Waals surface area contributed by atoms with Crippen molar-refractivity contribution in [2.24, 2.45) is 0 Å². The Labute approximate surface area is 167 Å². The maximum absolute atomic E-state index is 12.7. The maximum Gasteiger partial charge on any atom is 0.243 e. The first kappa shape index (κ1) is 21.8. The monoisotopic (exact) mass is 404 g/mol. The van der Waals surface area contributed by atoms with Crippen molar-refractivity contribution in [3.63, 3.8) is 0 Å². The normalized spacial score (nSPS) is 13.4. The van der Waals surface area contributed by atoms with E-state index in [9.17, 15) is 13.2 Å². The van der Waals surface area contributed by atoms with Gasteiger partial charge in [0.1, 0.15) is 11.8 Å². The molecule has 0 heterocycles. The number of sulfonamides is 1. The van der Waals surface area contributed by atoms with Crippen LogP contribution in [0.4, 0.5) is 5.69 Å². The molecule has 0 unspecified atom stereocenters. The third-order valence-electron chi connectivity index (χ3n) is 4.49. The number of hydrogen-bond donors (Lipinski definition) is 1. The molecule has 0 radical (unpaired) electrons. The molecule has 0 aliphatic carbocycles. The van der Waals surface area contributed by atoms with Crippen molar-refractivity contribution in [1.29, 1.82) is 0 Å². The Morgan fingerprint density at radius 2 is 1.79 bits per heavy atom. The van der Waals surface area contributed by atoms with Gasteiger partial charge in [-0.05, 0) is 44.4 Å². The summed E-state index contributed by atoms with van der Waals surface area (Å²) in [7, 11) is -2.15. The fourth-order valence-corrected chi connectivity index (χ4v) is 4.19. The van der Waals surface area contributed by atoms with Crippen LogP contribution in [0, 0.1) is 0 Å². The van der Waals surface area contributed by atoms with Gasteiger partial charge in [0.2, 0.25) is 15.9 Å². The Kier molecular flexibility index (Phi) is 7.45. The van der Waals surface area contributed by atoms with Crippen LogP contribution in [0.15, 0.2) is 54.6 Å². The Bertz CT molecular complexity index is 884. The van der Waals surface area contributed by atoms with Crippen molar-refractivity contribution in [2.45, 2.75) is 38.8 Å². The van der Waals surface area contributed by atoms with Crippen LogP contribution in [0.5, 0.6) is 5.75 Å². The molecule has 0 aromatic heterocycles. The molecule has 0 aliphatic heterocycles. The number of hydrogen-bond acceptors (Lipinski definition) is 4. The minimum atomic E-state index is -3.66. The molecular weight excluding hydrogens is 376 g/mol. The molecule has 7 heteroatoms. The van der Waals surface area contributed by atoms with Crippen molar-refractivity contribution in [3.05, 3.63) is 60.2 Å². The van der Waals surface area contributed by atoms with Crippen molar-refractivity contribution in [3.8, 4) is 5.75 Å². The molecular formula is C21H28N2O4S. The van der Waals surface area contributed by atoms with Crippen molar-refractivity contribution in [2.75, 3.05) is 17.7 Å². The third-order valence-corrected chi connectivity index (χ3v) is 5.74. The number of carbonyl (C=O) groups is 1. The second-order valence-electron chi connectivity index (χ2n) is 6.87. The molecule has 1 N–H and O–H groups in total. The molecule has 0 spiro atoms. The number of nitrogens with zero attached hydrogens (tertiary/aromatic N) is 1. The van der Waals surface area contributed by atoms with Gasteiger partial charge in [-0.1, -0.05) is 36.4 Å². The number of anilines is 1. The number of carbonyl (C=O) groups excluding carboxylic acids is 1. The van der Waals surface area contributed by atoms with E-state index < -0.39 is 16.1 Å². The van der Waals surface area contributed by atoms with Crippen LogP contribution < -0.4 is 14.4 Å². The van der Waals surface area contributed by atoms with Crippen LogP contribution in [0.3, 0.4) is 0 Å². The van der Waals surface area contributed by atoms with Gasteiger partial charge in [-0.2, -0.15) is 0 Å². The lowest BCUT2D eigenvalue weighted by molar-refractivity contribution is -0.122. The summed E-state index contributed by atoms with van der Waals surface area (Å²) in [5.41, 5.74) is 1.59. The lowest BCUT2D eigenvalue weighted by Crippen LogP contribution is -2.50. The predicted molar refractivity (Wildman–Crippen MR) is 112 cm³/mol. The van der Waals surface area contributed by atoms with E-state index in [1.54, 1.807) is 31.2 Å². The average molecular weight is 405 g/mol. The quantitative estimate of drug-likeness (QED) is 0.697. The summed E-state index contributed by atoms with van der Waals surface area (Å²) in [6, 6.07) is 15.7. The van der Waals surface area contributed by atoms with Crippen LogP contribution in [0.1, 0.15) is 25.8 Å². The molecule has 6 nitrogen and oxygen atoms in total. The maximum atomic E-state index is 12.7. The van der Waals surface area contributed by atoms with Crippen LogP contribution >= 0.6 is 0 Å². The van der Waals surface area contributed by atoms with E-state index in [0.717, 1.165) is 23.4 Å². The molecule has 2 rings (SSSR count). The van der Waals surface area contributed by atoms with Gasteiger partial charge in [-0.15, -0.1) is 0 Å². The van der Waals surface area contributed by atoms with Gasteiger partial charge in [0.25, 0.3) is 0 Å². The standard InChI is InChI=1S/C21H28N2O4S/c1-16(13-14-18-9-6-5-7-10-18)22-21(24)17(2)23(28(4,25)26)19-11-8-12-20(15-19)27-3/h5-12,15-17H,13-14H2,1-4H3,(H,22,24)/t16-,17+/m0/s1. The largest absolute Gasteiger partial charge is 0.497 e. The molecule has 0 fully saturated rings. The SMILES string of the molecule is COc1cccc(N([C@H](C)C(=O)N[C@@H](C)CCc2ccccc2)S(C)(=O)=O)c1. The average Bonchev–Trinajstić information content (AvgIpc) is 2.66. The first-order chi connectivity index (χ1) is 13.2. The summed E-state index contributed by atoms with van der Waals surface area (Å²) in [6.45, 7) is 3.50. The first-order valence-electron chi connectivity index (χ1n) is 9.20. The molecule has 1 amide bonds. The smallest absolute Gasteiger partial charge is 0.243 e. The Morgan fingerprint density at radius 1 is 1.11 bits per heavy atom. The molecule has 0 bridgehead atoms. The predicted octanol–water partition coefficient (Wildman–Crippen LogP) is 2.99. The van der Waals surface area contributed by atoms with E-state index in [1.807, 2.05) is 37.3 Å². The summed E-state index contributed by atoms with van der Waals surface area (Å²) in [6.07, 6.45) is 2.69. The van der Waals surface area contributed by atoms with E-state index in [-0.39, 0.29) is 11.9 Å². The van der Waals surface area contributed by atoms with E-state index >= 15 is 0 Å². The summed E-state index contributed by atoms with van der Waals surface area (Å²) in [4.78, 5) is 12.7. The second-order valence-corrected chi connectivity index (χ2v) is 8.73.